The number of aliphatic hydroxyl groups excluding tert-OH is 1. The minimum absolute atomic E-state index is 0.0878. The van der Waals surface area contributed by atoms with E-state index in [1.54, 1.807) is 0 Å². The topological polar surface area (TPSA) is 20.2 Å². The Morgan fingerprint density at radius 1 is 1.31 bits per heavy atom. The fraction of sp³-hybridized carbons (Fsp3) is 0.833. The lowest BCUT2D eigenvalue weighted by molar-refractivity contribution is 0.0724. The summed E-state index contributed by atoms with van der Waals surface area (Å²) in [6.07, 6.45) is 5.40. The van der Waals surface area contributed by atoms with Crippen LogP contribution < -0.4 is 0 Å². The molecule has 0 aliphatic heterocycles. The van der Waals surface area contributed by atoms with Crippen molar-refractivity contribution in [2.75, 3.05) is 0 Å². The second-order valence-electron chi connectivity index (χ2n) is 4.29. The van der Waals surface area contributed by atoms with E-state index in [2.05, 4.69) is 25.7 Å². The van der Waals surface area contributed by atoms with Crippen molar-refractivity contribution in [1.82, 2.24) is 0 Å². The van der Waals surface area contributed by atoms with Gasteiger partial charge >= 0.3 is 0 Å². The first-order valence-corrected chi connectivity index (χ1v) is 5.36. The van der Waals surface area contributed by atoms with E-state index in [-0.39, 0.29) is 6.10 Å². The minimum atomic E-state index is -0.0878. The summed E-state index contributed by atoms with van der Waals surface area (Å²) in [6.45, 7) is 4.20. The zero-order chi connectivity index (χ0) is 9.68. The van der Waals surface area contributed by atoms with Crippen molar-refractivity contribution in [2.45, 2.75) is 52.1 Å². The smallest absolute Gasteiger partial charge is 0.0577 e. The van der Waals surface area contributed by atoms with E-state index < -0.39 is 0 Å². The first-order valence-electron chi connectivity index (χ1n) is 5.36. The molecule has 0 aromatic rings. The summed E-state index contributed by atoms with van der Waals surface area (Å²) in [5.41, 5.74) is 0. The molecule has 74 valence electrons. The average Bonchev–Trinajstić information content (AvgIpc) is 2.08. The van der Waals surface area contributed by atoms with E-state index in [1.807, 2.05) is 0 Å². The molecule has 0 spiro atoms. The maximum absolute atomic E-state index is 9.67. The van der Waals surface area contributed by atoms with E-state index >= 15 is 0 Å². The molecule has 1 aliphatic rings. The van der Waals surface area contributed by atoms with Crippen LogP contribution in [-0.4, -0.2) is 11.2 Å². The monoisotopic (exact) mass is 180 g/mol. The zero-order valence-electron chi connectivity index (χ0n) is 8.71. The van der Waals surface area contributed by atoms with Gasteiger partial charge in [-0.25, -0.2) is 0 Å². The molecule has 1 saturated carbocycles. The normalized spacial score (nSPS) is 28.3. The number of aliphatic hydroxyl groups is 1. The Morgan fingerprint density at radius 3 is 2.62 bits per heavy atom. The lowest BCUT2D eigenvalue weighted by Gasteiger charge is -2.25. The summed E-state index contributed by atoms with van der Waals surface area (Å²) in [5, 5.41) is 9.67. The number of hydrogen-bond acceptors (Lipinski definition) is 1. The van der Waals surface area contributed by atoms with Crippen molar-refractivity contribution in [3.63, 3.8) is 0 Å². The Balaban J connectivity index is 2.31. The van der Waals surface area contributed by atoms with Crippen molar-refractivity contribution in [2.24, 2.45) is 11.8 Å². The predicted molar refractivity (Wildman–Crippen MR) is 55.2 cm³/mol. The quantitative estimate of drug-likeness (QED) is 0.615. The van der Waals surface area contributed by atoms with E-state index in [0.717, 1.165) is 19.3 Å². The summed E-state index contributed by atoms with van der Waals surface area (Å²) in [7, 11) is 0. The first-order chi connectivity index (χ1) is 6.20. The molecule has 1 heteroatoms. The Kier molecular flexibility index (Phi) is 4.32. The second kappa shape index (κ2) is 5.29. The Labute approximate surface area is 81.5 Å². The van der Waals surface area contributed by atoms with E-state index in [1.165, 1.54) is 12.8 Å². The second-order valence-corrected chi connectivity index (χ2v) is 4.29. The van der Waals surface area contributed by atoms with Gasteiger partial charge in [0.25, 0.3) is 0 Å². The van der Waals surface area contributed by atoms with Crippen LogP contribution in [0.3, 0.4) is 0 Å². The van der Waals surface area contributed by atoms with Crippen LogP contribution in [0, 0.1) is 23.7 Å². The molecule has 0 amide bonds. The molecular weight excluding hydrogens is 160 g/mol. The van der Waals surface area contributed by atoms with E-state index in [4.69, 9.17) is 0 Å². The third-order valence-corrected chi connectivity index (χ3v) is 2.62. The van der Waals surface area contributed by atoms with Crippen LogP contribution in [0.2, 0.25) is 0 Å². The largest absolute Gasteiger partial charge is 0.393 e. The highest BCUT2D eigenvalue weighted by atomic mass is 16.3. The predicted octanol–water partition coefficient (Wildman–Crippen LogP) is 2.59. The molecule has 1 N–H and O–H groups in total. The van der Waals surface area contributed by atoms with Crippen molar-refractivity contribution in [3.05, 3.63) is 0 Å². The van der Waals surface area contributed by atoms with Gasteiger partial charge in [0.15, 0.2) is 0 Å². The molecule has 1 nitrogen and oxygen atoms in total. The molecule has 0 radical (unpaired) electrons. The van der Waals surface area contributed by atoms with Gasteiger partial charge in [0.2, 0.25) is 0 Å². The molecule has 0 unspecified atom stereocenters. The summed E-state index contributed by atoms with van der Waals surface area (Å²) < 4.78 is 0. The molecule has 0 bridgehead atoms. The molecule has 1 fully saturated rings. The number of rotatable bonds is 1. The Morgan fingerprint density at radius 2 is 2.00 bits per heavy atom. The maximum atomic E-state index is 9.67. The van der Waals surface area contributed by atoms with E-state index in [0.29, 0.717) is 11.8 Å². The summed E-state index contributed by atoms with van der Waals surface area (Å²) in [5.74, 6) is 7.23. The first kappa shape index (κ1) is 10.6. The van der Waals surface area contributed by atoms with Gasteiger partial charge < -0.3 is 5.11 Å². The molecule has 0 saturated heterocycles. The molecule has 2 atom stereocenters. The average molecular weight is 180 g/mol. The van der Waals surface area contributed by atoms with Crippen LogP contribution in [0.5, 0.6) is 0 Å². The van der Waals surface area contributed by atoms with Crippen molar-refractivity contribution >= 4 is 0 Å². The molecule has 0 aromatic heterocycles. The molecule has 0 heterocycles. The summed E-state index contributed by atoms with van der Waals surface area (Å²) in [4.78, 5) is 0. The van der Waals surface area contributed by atoms with Gasteiger partial charge in [0.1, 0.15) is 0 Å². The van der Waals surface area contributed by atoms with Gasteiger partial charge in [-0.15, -0.1) is 11.8 Å². The van der Waals surface area contributed by atoms with E-state index in [9.17, 15) is 5.11 Å². The molecular formula is C12H20O. The fourth-order valence-electron chi connectivity index (χ4n) is 1.82. The van der Waals surface area contributed by atoms with Crippen molar-refractivity contribution < 1.29 is 5.11 Å². The fourth-order valence-corrected chi connectivity index (χ4v) is 1.82. The van der Waals surface area contributed by atoms with Gasteiger partial charge in [-0.2, -0.15) is 0 Å². The molecule has 1 rings (SSSR count). The third kappa shape index (κ3) is 3.83. The SMILES string of the molecule is CC(C)C#CC[C@H]1CCCC[C@@H]1O. The van der Waals surface area contributed by atoms with Crippen molar-refractivity contribution in [3.8, 4) is 11.8 Å². The van der Waals surface area contributed by atoms with Gasteiger partial charge in [-0.05, 0) is 18.8 Å². The van der Waals surface area contributed by atoms with Crippen LogP contribution >= 0.6 is 0 Å². The van der Waals surface area contributed by atoms with Crippen molar-refractivity contribution in [1.29, 1.82) is 0 Å². The lowest BCUT2D eigenvalue weighted by Crippen LogP contribution is -2.23. The summed E-state index contributed by atoms with van der Waals surface area (Å²) in [6, 6.07) is 0. The summed E-state index contributed by atoms with van der Waals surface area (Å²) >= 11 is 0. The highest BCUT2D eigenvalue weighted by molar-refractivity contribution is 5.03. The maximum Gasteiger partial charge on any atom is 0.0577 e. The molecule has 13 heavy (non-hydrogen) atoms. The third-order valence-electron chi connectivity index (χ3n) is 2.62. The Hall–Kier alpha value is -0.480. The zero-order valence-corrected chi connectivity index (χ0v) is 8.71. The van der Waals surface area contributed by atoms with Gasteiger partial charge in [-0.3, -0.25) is 0 Å². The standard InChI is InChI=1S/C12H20O/c1-10(2)6-5-8-11-7-3-4-9-12(11)13/h10-13H,3-4,7-9H2,1-2H3/t11-,12+/m1/s1. The van der Waals surface area contributed by atoms with Crippen LogP contribution in [0.1, 0.15) is 46.0 Å². The van der Waals surface area contributed by atoms with Gasteiger partial charge in [-0.1, -0.05) is 26.7 Å². The minimum Gasteiger partial charge on any atom is -0.393 e. The van der Waals surface area contributed by atoms with Crippen LogP contribution in [-0.2, 0) is 0 Å². The number of hydrogen-bond donors (Lipinski definition) is 1. The van der Waals surface area contributed by atoms with Crippen LogP contribution in [0.25, 0.3) is 0 Å². The highest BCUT2D eigenvalue weighted by Gasteiger charge is 2.21. The van der Waals surface area contributed by atoms with Crippen LogP contribution in [0.4, 0.5) is 0 Å². The molecule has 1 aliphatic carbocycles. The lowest BCUT2D eigenvalue weighted by atomic mass is 9.84. The highest BCUT2D eigenvalue weighted by Crippen LogP contribution is 2.26. The van der Waals surface area contributed by atoms with Crippen LogP contribution in [0.15, 0.2) is 0 Å². The van der Waals surface area contributed by atoms with Gasteiger partial charge in [0.05, 0.1) is 6.10 Å². The van der Waals surface area contributed by atoms with Gasteiger partial charge in [0, 0.05) is 12.3 Å². The Bertz CT molecular complexity index is 197. The molecule has 0 aromatic carbocycles.